The zero-order valence-corrected chi connectivity index (χ0v) is 18.7. The van der Waals surface area contributed by atoms with E-state index in [1.165, 1.54) is 0 Å². The Hall–Kier alpha value is -3.10. The highest BCUT2D eigenvalue weighted by Gasteiger charge is 2.22. The maximum absolute atomic E-state index is 12.9. The minimum Gasteiger partial charge on any atom is -0.361 e. The fourth-order valence-corrected chi connectivity index (χ4v) is 3.52. The number of hydrogen-bond donors (Lipinski definition) is 1. The van der Waals surface area contributed by atoms with Crippen molar-refractivity contribution in [3.63, 3.8) is 0 Å². The van der Waals surface area contributed by atoms with Crippen molar-refractivity contribution >= 4 is 34.8 Å². The van der Waals surface area contributed by atoms with E-state index >= 15 is 0 Å². The van der Waals surface area contributed by atoms with Gasteiger partial charge in [-0.1, -0.05) is 40.5 Å². The number of carbonyl (C=O) groups is 1. The van der Waals surface area contributed by atoms with Gasteiger partial charge in [0.1, 0.15) is 5.76 Å². The third kappa shape index (κ3) is 4.50. The topological polar surface area (TPSA) is 90.8 Å². The van der Waals surface area contributed by atoms with Crippen LogP contribution in [0.15, 0.2) is 41.2 Å². The van der Waals surface area contributed by atoms with Crippen LogP contribution in [-0.4, -0.2) is 30.6 Å². The van der Waals surface area contributed by atoms with Gasteiger partial charge in [-0.2, -0.15) is 10.2 Å². The first-order valence-electron chi connectivity index (χ1n) is 9.54. The van der Waals surface area contributed by atoms with Crippen molar-refractivity contribution in [3.05, 3.63) is 80.7 Å². The number of halogens is 2. The van der Waals surface area contributed by atoms with Crippen molar-refractivity contribution < 1.29 is 9.32 Å². The highest BCUT2D eigenvalue weighted by atomic mass is 35.5. The third-order valence-electron chi connectivity index (χ3n) is 4.96. The quantitative estimate of drug-likeness (QED) is 0.453. The summed E-state index contributed by atoms with van der Waals surface area (Å²) < 4.78 is 8.77. The average Bonchev–Trinajstić information content (AvgIpc) is 3.39. The molecule has 3 aromatic heterocycles. The van der Waals surface area contributed by atoms with Crippen LogP contribution in [0, 0.1) is 20.8 Å². The molecular formula is C21H20Cl2N6O2. The van der Waals surface area contributed by atoms with E-state index in [2.05, 4.69) is 20.7 Å². The van der Waals surface area contributed by atoms with Crippen LogP contribution in [0.2, 0.25) is 10.0 Å². The molecule has 0 aliphatic rings. The Kier molecular flexibility index (Phi) is 5.84. The van der Waals surface area contributed by atoms with Gasteiger partial charge in [-0.25, -0.2) is 0 Å². The summed E-state index contributed by atoms with van der Waals surface area (Å²) in [4.78, 5) is 12.9. The standard InChI is InChI=1S/C21H20Cl2N6O2/c1-12-19(23)13(2)29(26-12)11-18-14(3)31-27-20(18)21(30)25-17-6-4-15(5-7-17)9-28-10-16(22)8-24-28/h4-8,10H,9,11H2,1-3H3,(H,25,30). The lowest BCUT2D eigenvalue weighted by atomic mass is 10.1. The van der Waals surface area contributed by atoms with E-state index in [9.17, 15) is 4.79 Å². The first-order valence-corrected chi connectivity index (χ1v) is 10.3. The van der Waals surface area contributed by atoms with E-state index < -0.39 is 0 Å². The van der Waals surface area contributed by atoms with Gasteiger partial charge in [-0.3, -0.25) is 14.2 Å². The normalized spacial score (nSPS) is 11.1. The molecule has 0 aliphatic carbocycles. The molecule has 0 aliphatic heterocycles. The zero-order valence-electron chi connectivity index (χ0n) is 17.2. The smallest absolute Gasteiger partial charge is 0.278 e. The molecule has 0 radical (unpaired) electrons. The number of anilines is 1. The molecule has 4 aromatic rings. The van der Waals surface area contributed by atoms with E-state index in [-0.39, 0.29) is 11.6 Å². The van der Waals surface area contributed by atoms with Crippen molar-refractivity contribution in [2.45, 2.75) is 33.9 Å². The Balaban J connectivity index is 1.48. The Labute approximate surface area is 188 Å². The number of benzene rings is 1. The number of rotatable bonds is 6. The van der Waals surface area contributed by atoms with Crippen molar-refractivity contribution in [3.8, 4) is 0 Å². The fourth-order valence-electron chi connectivity index (χ4n) is 3.23. The van der Waals surface area contributed by atoms with Crippen LogP contribution in [-0.2, 0) is 13.1 Å². The minimum absolute atomic E-state index is 0.219. The largest absolute Gasteiger partial charge is 0.361 e. The zero-order chi connectivity index (χ0) is 22.1. The molecule has 10 heteroatoms. The summed E-state index contributed by atoms with van der Waals surface area (Å²) >= 11 is 12.1. The molecule has 8 nitrogen and oxygen atoms in total. The Bertz CT molecular complexity index is 1240. The Morgan fingerprint density at radius 2 is 1.87 bits per heavy atom. The number of hydrogen-bond acceptors (Lipinski definition) is 5. The van der Waals surface area contributed by atoms with Crippen molar-refractivity contribution in [1.29, 1.82) is 0 Å². The van der Waals surface area contributed by atoms with Gasteiger partial charge in [0.2, 0.25) is 0 Å². The van der Waals surface area contributed by atoms with Gasteiger partial charge in [-0.05, 0) is 38.5 Å². The number of aryl methyl sites for hydroxylation is 2. The summed E-state index contributed by atoms with van der Waals surface area (Å²) in [6, 6.07) is 7.48. The monoisotopic (exact) mass is 458 g/mol. The molecule has 4 rings (SSSR count). The molecule has 0 saturated carbocycles. The Morgan fingerprint density at radius 3 is 2.48 bits per heavy atom. The SMILES string of the molecule is Cc1nn(Cc2c(C(=O)Nc3ccc(Cn4cc(Cl)cn4)cc3)noc2C)c(C)c1Cl. The van der Waals surface area contributed by atoms with Crippen molar-refractivity contribution in [1.82, 2.24) is 24.7 Å². The molecular weight excluding hydrogens is 439 g/mol. The molecule has 0 unspecified atom stereocenters. The van der Waals surface area contributed by atoms with Crippen LogP contribution in [0.25, 0.3) is 0 Å². The van der Waals surface area contributed by atoms with Gasteiger partial charge in [0, 0.05) is 17.4 Å². The molecule has 1 N–H and O–H groups in total. The molecule has 160 valence electrons. The molecule has 0 saturated heterocycles. The molecule has 1 aromatic carbocycles. The summed E-state index contributed by atoms with van der Waals surface area (Å²) in [7, 11) is 0. The second-order valence-corrected chi connectivity index (χ2v) is 8.03. The summed E-state index contributed by atoms with van der Waals surface area (Å²) in [6.45, 7) is 6.40. The van der Waals surface area contributed by atoms with Crippen LogP contribution >= 0.6 is 23.2 Å². The van der Waals surface area contributed by atoms with Crippen LogP contribution < -0.4 is 5.32 Å². The maximum Gasteiger partial charge on any atom is 0.278 e. The van der Waals surface area contributed by atoms with Crippen LogP contribution in [0.3, 0.4) is 0 Å². The Morgan fingerprint density at radius 1 is 1.13 bits per heavy atom. The van der Waals surface area contributed by atoms with Crippen molar-refractivity contribution in [2.75, 3.05) is 5.32 Å². The summed E-state index contributed by atoms with van der Waals surface area (Å²) in [5.74, 6) is 0.202. The lowest BCUT2D eigenvalue weighted by molar-refractivity contribution is 0.101. The highest BCUT2D eigenvalue weighted by Crippen LogP contribution is 2.23. The number of nitrogens with one attached hydrogen (secondary N) is 1. The van der Waals surface area contributed by atoms with Crippen LogP contribution in [0.5, 0.6) is 0 Å². The minimum atomic E-state index is -0.355. The lowest BCUT2D eigenvalue weighted by Crippen LogP contribution is -2.16. The van der Waals surface area contributed by atoms with E-state index in [4.69, 9.17) is 27.7 Å². The summed E-state index contributed by atoms with van der Waals surface area (Å²) in [6.07, 6.45) is 3.34. The number of amides is 1. The van der Waals surface area contributed by atoms with E-state index in [0.29, 0.717) is 40.1 Å². The van der Waals surface area contributed by atoms with Gasteiger partial charge in [0.05, 0.1) is 40.7 Å². The maximum atomic E-state index is 12.9. The van der Waals surface area contributed by atoms with Crippen molar-refractivity contribution in [2.24, 2.45) is 0 Å². The third-order valence-corrected chi connectivity index (χ3v) is 5.70. The summed E-state index contributed by atoms with van der Waals surface area (Å²) in [5, 5.41) is 16.6. The molecule has 0 fully saturated rings. The second-order valence-electron chi connectivity index (χ2n) is 7.22. The number of carbonyl (C=O) groups excluding carboxylic acids is 1. The second kappa shape index (κ2) is 8.56. The molecule has 31 heavy (non-hydrogen) atoms. The average molecular weight is 459 g/mol. The number of aromatic nitrogens is 5. The van der Waals surface area contributed by atoms with Crippen LogP contribution in [0.4, 0.5) is 5.69 Å². The molecule has 0 spiro atoms. The van der Waals surface area contributed by atoms with E-state index in [0.717, 1.165) is 17.0 Å². The predicted molar refractivity (Wildman–Crippen MR) is 118 cm³/mol. The van der Waals surface area contributed by atoms with E-state index in [1.807, 2.05) is 38.1 Å². The summed E-state index contributed by atoms with van der Waals surface area (Å²) in [5.41, 5.74) is 4.10. The molecule has 0 atom stereocenters. The fraction of sp³-hybridized carbons (Fsp3) is 0.238. The first kappa shape index (κ1) is 21.1. The van der Waals surface area contributed by atoms with Gasteiger partial charge in [0.15, 0.2) is 5.69 Å². The molecule has 1 amide bonds. The van der Waals surface area contributed by atoms with Gasteiger partial charge in [0.25, 0.3) is 5.91 Å². The van der Waals surface area contributed by atoms with Gasteiger partial charge in [-0.15, -0.1) is 0 Å². The first-order chi connectivity index (χ1) is 14.8. The molecule has 3 heterocycles. The highest BCUT2D eigenvalue weighted by molar-refractivity contribution is 6.31. The van der Waals surface area contributed by atoms with Gasteiger partial charge >= 0.3 is 0 Å². The van der Waals surface area contributed by atoms with Crippen LogP contribution in [0.1, 0.15) is 38.8 Å². The van der Waals surface area contributed by atoms with E-state index in [1.54, 1.807) is 28.7 Å². The van der Waals surface area contributed by atoms with Gasteiger partial charge < -0.3 is 9.84 Å². The predicted octanol–water partition coefficient (Wildman–Crippen LogP) is 4.65. The number of nitrogens with zero attached hydrogens (tertiary/aromatic N) is 5. The molecule has 0 bridgehead atoms. The lowest BCUT2D eigenvalue weighted by Gasteiger charge is -2.08.